The topological polar surface area (TPSA) is 25.3 Å². The van der Waals surface area contributed by atoms with Gasteiger partial charge in [-0.25, -0.2) is 4.70 Å². The first-order valence-electron chi connectivity index (χ1n) is 11.8. The highest BCUT2D eigenvalue weighted by Crippen LogP contribution is 2.31. The molecule has 0 N–H and O–H groups in total. The van der Waals surface area contributed by atoms with Crippen molar-refractivity contribution in [1.29, 1.82) is 0 Å². The van der Waals surface area contributed by atoms with Gasteiger partial charge >= 0.3 is 0 Å². The lowest BCUT2D eigenvalue weighted by Crippen LogP contribution is -2.02. The van der Waals surface area contributed by atoms with Crippen LogP contribution in [0.25, 0.3) is 16.9 Å². The van der Waals surface area contributed by atoms with Crippen molar-refractivity contribution in [2.75, 3.05) is 0 Å². The number of hydrogen-bond donors (Lipinski definition) is 0. The number of rotatable bonds is 12. The molecule has 0 saturated heterocycles. The van der Waals surface area contributed by atoms with Crippen molar-refractivity contribution in [3.63, 3.8) is 0 Å². The van der Waals surface area contributed by atoms with Gasteiger partial charge in [0, 0.05) is 23.3 Å². The van der Waals surface area contributed by atoms with Gasteiger partial charge in [0.25, 0.3) is 0 Å². The maximum absolute atomic E-state index is 10.9. The molecule has 158 valence electrons. The summed E-state index contributed by atoms with van der Waals surface area (Å²) in [6.45, 7) is 4.49. The van der Waals surface area contributed by atoms with Crippen molar-refractivity contribution in [1.82, 2.24) is 0 Å². The third kappa shape index (κ3) is 6.01. The van der Waals surface area contributed by atoms with E-state index in [9.17, 15) is 5.53 Å². The molecule has 2 aromatic rings. The molecule has 0 aromatic heterocycles. The summed E-state index contributed by atoms with van der Waals surface area (Å²) in [6, 6.07) is 17.2. The van der Waals surface area contributed by atoms with Crippen LogP contribution in [0.3, 0.4) is 0 Å². The van der Waals surface area contributed by atoms with E-state index in [1.807, 2.05) is 12.2 Å². The minimum Gasteiger partial charge on any atom is -0.493 e. The normalized spacial score (nSPS) is 13.5. The molecular weight excluding hydrogens is 364 g/mol. The van der Waals surface area contributed by atoms with E-state index in [1.54, 1.807) is 0 Å². The fourth-order valence-corrected chi connectivity index (χ4v) is 4.15. The molecule has 1 aliphatic heterocycles. The monoisotopic (exact) mass is 400 g/mol. The lowest BCUT2D eigenvalue weighted by molar-refractivity contribution is -0.344. The highest BCUT2D eigenvalue weighted by Gasteiger charge is 2.23. The maximum atomic E-state index is 10.9. The van der Waals surface area contributed by atoms with Crippen LogP contribution < -0.4 is 0 Å². The largest absolute Gasteiger partial charge is 0.493 e. The summed E-state index contributed by atoms with van der Waals surface area (Å²) in [5, 5.41) is 0. The number of unbranched alkanes of at least 4 members (excludes halogenated alkanes) is 6. The Balaban J connectivity index is 1.64. The minimum absolute atomic E-state index is 0.855. The number of aryl methyl sites for hydroxylation is 2. The summed E-state index contributed by atoms with van der Waals surface area (Å²) in [6.07, 6.45) is 16.4. The Bertz CT molecular complexity index is 831. The molecule has 0 aliphatic carbocycles. The third-order valence-electron chi connectivity index (χ3n) is 5.94. The molecule has 0 bridgehead atoms. The van der Waals surface area contributed by atoms with Crippen molar-refractivity contribution in [3.05, 3.63) is 88.5 Å². The van der Waals surface area contributed by atoms with Crippen molar-refractivity contribution < 1.29 is 4.70 Å². The summed E-state index contributed by atoms with van der Waals surface area (Å²) in [5.41, 5.74) is 17.5. The van der Waals surface area contributed by atoms with Crippen LogP contribution >= 0.6 is 0 Å². The SMILES string of the molecule is CCCCCCc1cccc(C2=CC=C(c3cccc(CCCCCC)c3)[N+]2=[N-])c1. The molecule has 1 heterocycles. The first-order valence-corrected chi connectivity index (χ1v) is 11.8. The van der Waals surface area contributed by atoms with Crippen molar-refractivity contribution in [3.8, 4) is 0 Å². The van der Waals surface area contributed by atoms with E-state index in [0.29, 0.717) is 0 Å². The van der Waals surface area contributed by atoms with Gasteiger partial charge in [0.1, 0.15) is 0 Å². The number of benzene rings is 2. The van der Waals surface area contributed by atoms with Gasteiger partial charge in [0.2, 0.25) is 11.4 Å². The van der Waals surface area contributed by atoms with Crippen molar-refractivity contribution in [2.24, 2.45) is 0 Å². The molecule has 2 heteroatoms. The van der Waals surface area contributed by atoms with Gasteiger partial charge in [0.05, 0.1) is 0 Å². The van der Waals surface area contributed by atoms with E-state index in [1.165, 1.54) is 67.2 Å². The van der Waals surface area contributed by atoms with Gasteiger partial charge in [-0.05, 0) is 61.1 Å². The van der Waals surface area contributed by atoms with Crippen LogP contribution in [0.15, 0.2) is 60.7 Å². The Morgan fingerprint density at radius 1 is 0.633 bits per heavy atom. The quantitative estimate of drug-likeness (QED) is 0.253. The molecule has 30 heavy (non-hydrogen) atoms. The van der Waals surface area contributed by atoms with E-state index < -0.39 is 0 Å². The Morgan fingerprint density at radius 3 is 1.53 bits per heavy atom. The summed E-state index contributed by atoms with van der Waals surface area (Å²) in [4.78, 5) is 0. The van der Waals surface area contributed by atoms with Crippen LogP contribution in [0.4, 0.5) is 0 Å². The highest BCUT2D eigenvalue weighted by molar-refractivity contribution is 5.75. The second kappa shape index (κ2) is 11.6. The molecule has 2 aromatic carbocycles. The average molecular weight is 401 g/mol. The van der Waals surface area contributed by atoms with E-state index >= 15 is 0 Å². The van der Waals surface area contributed by atoms with Crippen LogP contribution in [0.1, 0.15) is 87.5 Å². The van der Waals surface area contributed by atoms with Crippen LogP contribution in [-0.2, 0) is 12.8 Å². The predicted octanol–water partition coefficient (Wildman–Crippen LogP) is 8.36. The van der Waals surface area contributed by atoms with E-state index in [-0.39, 0.29) is 0 Å². The minimum atomic E-state index is 0.855. The van der Waals surface area contributed by atoms with Crippen LogP contribution in [0, 0.1) is 0 Å². The third-order valence-corrected chi connectivity index (χ3v) is 5.94. The summed E-state index contributed by atoms with van der Waals surface area (Å²) in [5.74, 6) is 0. The Hall–Kier alpha value is -2.48. The van der Waals surface area contributed by atoms with Crippen molar-refractivity contribution in [2.45, 2.75) is 78.1 Å². The zero-order valence-corrected chi connectivity index (χ0v) is 18.7. The Kier molecular flexibility index (Phi) is 8.62. The molecule has 0 unspecified atom stereocenters. The lowest BCUT2D eigenvalue weighted by atomic mass is 10.0. The van der Waals surface area contributed by atoms with Crippen LogP contribution in [-0.4, -0.2) is 4.70 Å². The van der Waals surface area contributed by atoms with Gasteiger partial charge in [-0.15, -0.1) is 0 Å². The first kappa shape index (κ1) is 22.2. The second-order valence-electron chi connectivity index (χ2n) is 8.44. The van der Waals surface area contributed by atoms with Crippen LogP contribution in [0.5, 0.6) is 0 Å². The number of allylic oxidation sites excluding steroid dienone is 2. The summed E-state index contributed by atoms with van der Waals surface area (Å²) >= 11 is 0. The first-order chi connectivity index (χ1) is 14.7. The smallest absolute Gasteiger partial charge is 0.207 e. The fourth-order valence-electron chi connectivity index (χ4n) is 4.15. The standard InChI is InChI=1S/C28H36N2/c1-3-5-7-9-13-23-15-11-17-25(21-23)27-19-20-28(30(27)29)26-18-12-16-24(22-26)14-10-8-6-4-2/h11-12,15-22H,3-10,13-14H2,1-2H3. The van der Waals surface area contributed by atoms with Gasteiger partial charge in [-0.3, -0.25) is 0 Å². The highest BCUT2D eigenvalue weighted by atomic mass is 15.2. The molecule has 0 saturated carbocycles. The van der Waals surface area contributed by atoms with Crippen LogP contribution in [0.2, 0.25) is 0 Å². The average Bonchev–Trinajstić information content (AvgIpc) is 3.16. The maximum Gasteiger partial charge on any atom is 0.207 e. The predicted molar refractivity (Wildman–Crippen MR) is 128 cm³/mol. The lowest BCUT2D eigenvalue weighted by Gasteiger charge is -2.11. The molecule has 0 fully saturated rings. The Morgan fingerprint density at radius 2 is 1.10 bits per heavy atom. The number of nitrogens with zero attached hydrogens (tertiary/aromatic N) is 2. The van der Waals surface area contributed by atoms with Gasteiger partial charge in [-0.2, -0.15) is 0 Å². The second-order valence-corrected chi connectivity index (χ2v) is 8.44. The van der Waals surface area contributed by atoms with Gasteiger partial charge < -0.3 is 5.53 Å². The van der Waals surface area contributed by atoms with E-state index in [0.717, 1.165) is 35.4 Å². The van der Waals surface area contributed by atoms with E-state index in [4.69, 9.17) is 0 Å². The van der Waals surface area contributed by atoms with Gasteiger partial charge in [-0.1, -0.05) is 76.6 Å². The fraction of sp³-hybridized carbons (Fsp3) is 0.429. The molecule has 2 nitrogen and oxygen atoms in total. The zero-order chi connectivity index (χ0) is 21.2. The zero-order valence-electron chi connectivity index (χ0n) is 18.7. The summed E-state index contributed by atoms with van der Waals surface area (Å²) in [7, 11) is 0. The van der Waals surface area contributed by atoms with Gasteiger partial charge in [0.15, 0.2) is 0 Å². The molecule has 0 atom stereocenters. The molecule has 0 spiro atoms. The molecule has 1 aliphatic rings. The molecule has 3 rings (SSSR count). The summed E-state index contributed by atoms with van der Waals surface area (Å²) < 4.78 is 1.35. The molecular formula is C28H36N2. The van der Waals surface area contributed by atoms with Crippen molar-refractivity contribution >= 4 is 11.4 Å². The Labute approximate surface area is 182 Å². The van der Waals surface area contributed by atoms with E-state index in [2.05, 4.69) is 62.4 Å². The number of hydrogen-bond acceptors (Lipinski definition) is 0. The molecule has 0 amide bonds. The molecule has 0 radical (unpaired) electrons.